The maximum atomic E-state index is 12.6. The molecular weight excluding hydrogens is 430 g/mol. The van der Waals surface area contributed by atoms with Crippen molar-refractivity contribution in [1.29, 1.82) is 0 Å². The Balaban J connectivity index is 1.50. The van der Waals surface area contributed by atoms with Crippen molar-refractivity contribution >= 4 is 23.3 Å². The molecule has 0 fully saturated rings. The molecule has 2 N–H and O–H groups in total. The fourth-order valence-corrected chi connectivity index (χ4v) is 3.70. The lowest BCUT2D eigenvalue weighted by molar-refractivity contribution is 0.0601. The number of oxazole rings is 1. The molecule has 1 heterocycles. The molecular formula is C27H25N3O4. The van der Waals surface area contributed by atoms with Gasteiger partial charge < -0.3 is 19.8 Å². The van der Waals surface area contributed by atoms with Gasteiger partial charge in [-0.15, -0.1) is 0 Å². The zero-order valence-corrected chi connectivity index (χ0v) is 19.2. The van der Waals surface area contributed by atoms with Crippen LogP contribution in [0.2, 0.25) is 0 Å². The summed E-state index contributed by atoms with van der Waals surface area (Å²) in [4.78, 5) is 28.7. The smallest absolute Gasteiger partial charge is 0.338 e. The number of para-hydroxylation sites is 1. The van der Waals surface area contributed by atoms with Crippen molar-refractivity contribution in [2.45, 2.75) is 20.4 Å². The first-order valence-electron chi connectivity index (χ1n) is 10.8. The van der Waals surface area contributed by atoms with E-state index < -0.39 is 0 Å². The highest BCUT2D eigenvalue weighted by Gasteiger charge is 2.17. The van der Waals surface area contributed by atoms with Crippen LogP contribution in [0.4, 0.5) is 11.4 Å². The van der Waals surface area contributed by atoms with Crippen molar-refractivity contribution in [2.75, 3.05) is 17.7 Å². The van der Waals surface area contributed by atoms with Crippen LogP contribution in [-0.2, 0) is 11.3 Å². The molecule has 34 heavy (non-hydrogen) atoms. The molecule has 3 aromatic carbocycles. The molecule has 0 radical (unpaired) electrons. The summed E-state index contributed by atoms with van der Waals surface area (Å²) < 4.78 is 10.0. The highest BCUT2D eigenvalue weighted by molar-refractivity contribution is 6.05. The van der Waals surface area contributed by atoms with Gasteiger partial charge in [0.1, 0.15) is 5.76 Å². The number of aromatic nitrogens is 1. The van der Waals surface area contributed by atoms with E-state index in [2.05, 4.69) is 15.6 Å². The second-order valence-electron chi connectivity index (χ2n) is 7.80. The van der Waals surface area contributed by atoms with Gasteiger partial charge in [-0.25, -0.2) is 9.78 Å². The van der Waals surface area contributed by atoms with Crippen LogP contribution < -0.4 is 10.6 Å². The summed E-state index contributed by atoms with van der Waals surface area (Å²) in [6, 6.07) is 21.1. The number of methoxy groups -OCH3 is 1. The quantitative estimate of drug-likeness (QED) is 0.352. The highest BCUT2D eigenvalue weighted by Crippen LogP contribution is 2.28. The van der Waals surface area contributed by atoms with Crippen molar-refractivity contribution in [3.63, 3.8) is 0 Å². The molecule has 1 aromatic heterocycles. The van der Waals surface area contributed by atoms with E-state index in [1.54, 1.807) is 13.0 Å². The molecule has 0 spiro atoms. The van der Waals surface area contributed by atoms with Gasteiger partial charge in [0.2, 0.25) is 0 Å². The molecule has 0 bridgehead atoms. The van der Waals surface area contributed by atoms with Gasteiger partial charge in [-0.3, -0.25) is 4.79 Å². The predicted molar refractivity (Wildman–Crippen MR) is 131 cm³/mol. The SMILES string of the molecule is COC(=O)c1ccccc1-c1ccc(CNc2cccc(C)c2NC(=O)c2ncoc2C)cc1. The minimum absolute atomic E-state index is 0.261. The Bertz CT molecular complexity index is 1330. The Labute approximate surface area is 197 Å². The highest BCUT2D eigenvalue weighted by atomic mass is 16.5. The lowest BCUT2D eigenvalue weighted by Gasteiger charge is -2.15. The average molecular weight is 456 g/mol. The van der Waals surface area contributed by atoms with Crippen LogP contribution in [0.25, 0.3) is 11.1 Å². The van der Waals surface area contributed by atoms with E-state index in [0.717, 1.165) is 27.9 Å². The Morgan fingerprint density at radius 3 is 2.44 bits per heavy atom. The predicted octanol–water partition coefficient (Wildman–Crippen LogP) is 5.61. The zero-order chi connectivity index (χ0) is 24.1. The van der Waals surface area contributed by atoms with E-state index in [-0.39, 0.29) is 17.6 Å². The first-order chi connectivity index (χ1) is 16.5. The average Bonchev–Trinajstić information content (AvgIpc) is 3.30. The summed E-state index contributed by atoms with van der Waals surface area (Å²) in [5.74, 6) is -0.220. The lowest BCUT2D eigenvalue weighted by atomic mass is 9.98. The number of hydrogen-bond donors (Lipinski definition) is 2. The number of ether oxygens (including phenoxy) is 1. The fraction of sp³-hybridized carbons (Fsp3) is 0.148. The molecule has 0 saturated carbocycles. The number of amides is 1. The first-order valence-corrected chi connectivity index (χ1v) is 10.8. The first kappa shape index (κ1) is 22.8. The van der Waals surface area contributed by atoms with Gasteiger partial charge in [0.25, 0.3) is 5.91 Å². The standard InChI is InChI=1S/C27H25N3O4/c1-17-7-6-10-23(24(17)30-26(31)25-18(2)34-16-29-25)28-15-19-11-13-20(14-12-19)21-8-4-5-9-22(21)27(32)33-3/h4-14,16,28H,15H2,1-3H3,(H,30,31). The van der Waals surface area contributed by atoms with E-state index in [0.29, 0.717) is 23.6 Å². The molecule has 1 amide bonds. The van der Waals surface area contributed by atoms with Crippen molar-refractivity contribution < 1.29 is 18.7 Å². The van der Waals surface area contributed by atoms with Crippen LogP contribution in [0.1, 0.15) is 37.7 Å². The van der Waals surface area contributed by atoms with Crippen LogP contribution in [-0.4, -0.2) is 24.0 Å². The molecule has 0 saturated heterocycles. The van der Waals surface area contributed by atoms with Gasteiger partial charge in [0, 0.05) is 6.54 Å². The summed E-state index contributed by atoms with van der Waals surface area (Å²) in [5, 5.41) is 6.34. The van der Waals surface area contributed by atoms with Crippen molar-refractivity contribution in [2.24, 2.45) is 0 Å². The molecule has 0 atom stereocenters. The van der Waals surface area contributed by atoms with Crippen LogP contribution in [0, 0.1) is 13.8 Å². The molecule has 7 nitrogen and oxygen atoms in total. The number of benzene rings is 3. The number of rotatable bonds is 7. The number of hydrogen-bond acceptors (Lipinski definition) is 6. The Hall–Kier alpha value is -4.39. The third kappa shape index (κ3) is 4.83. The molecule has 7 heteroatoms. The molecule has 172 valence electrons. The van der Waals surface area contributed by atoms with Crippen LogP contribution in [0.3, 0.4) is 0 Å². The molecule has 0 aliphatic heterocycles. The fourth-order valence-electron chi connectivity index (χ4n) is 3.70. The van der Waals surface area contributed by atoms with Crippen molar-refractivity contribution in [3.8, 4) is 11.1 Å². The Kier molecular flexibility index (Phi) is 6.73. The second kappa shape index (κ2) is 10.0. The molecule has 0 unspecified atom stereocenters. The van der Waals surface area contributed by atoms with Gasteiger partial charge in [-0.05, 0) is 48.2 Å². The number of carbonyl (C=O) groups is 2. The third-order valence-electron chi connectivity index (χ3n) is 5.55. The summed E-state index contributed by atoms with van der Waals surface area (Å²) in [7, 11) is 1.38. The number of nitrogens with one attached hydrogen (secondary N) is 2. The molecule has 4 aromatic rings. The number of carbonyl (C=O) groups excluding carboxylic acids is 2. The van der Waals surface area contributed by atoms with Crippen molar-refractivity contribution in [3.05, 3.63) is 101 Å². The lowest BCUT2D eigenvalue weighted by Crippen LogP contribution is -2.16. The Morgan fingerprint density at radius 2 is 1.74 bits per heavy atom. The van der Waals surface area contributed by atoms with Crippen LogP contribution in [0.5, 0.6) is 0 Å². The topological polar surface area (TPSA) is 93.5 Å². The number of esters is 1. The van der Waals surface area contributed by atoms with Crippen LogP contribution >= 0.6 is 0 Å². The summed E-state index contributed by atoms with van der Waals surface area (Å²) in [6.07, 6.45) is 1.26. The Morgan fingerprint density at radius 1 is 0.971 bits per heavy atom. The normalized spacial score (nSPS) is 10.6. The monoisotopic (exact) mass is 455 g/mol. The van der Waals surface area contributed by atoms with Gasteiger partial charge in [-0.1, -0.05) is 54.6 Å². The van der Waals surface area contributed by atoms with Gasteiger partial charge in [-0.2, -0.15) is 0 Å². The van der Waals surface area contributed by atoms with Gasteiger partial charge in [0.15, 0.2) is 12.1 Å². The van der Waals surface area contributed by atoms with E-state index in [1.165, 1.54) is 13.5 Å². The third-order valence-corrected chi connectivity index (χ3v) is 5.55. The minimum atomic E-state index is -0.365. The number of anilines is 2. The maximum absolute atomic E-state index is 12.6. The summed E-state index contributed by atoms with van der Waals surface area (Å²) in [5.41, 5.74) is 6.00. The largest absolute Gasteiger partial charge is 0.465 e. The number of aryl methyl sites for hydroxylation is 2. The molecule has 4 rings (SSSR count). The van der Waals surface area contributed by atoms with Crippen LogP contribution in [0.15, 0.2) is 77.5 Å². The minimum Gasteiger partial charge on any atom is -0.465 e. The van der Waals surface area contributed by atoms with Gasteiger partial charge >= 0.3 is 5.97 Å². The molecule has 0 aliphatic rings. The summed E-state index contributed by atoms with van der Waals surface area (Å²) >= 11 is 0. The zero-order valence-electron chi connectivity index (χ0n) is 19.2. The summed E-state index contributed by atoms with van der Waals surface area (Å²) in [6.45, 7) is 4.18. The van der Waals surface area contributed by atoms with Crippen molar-refractivity contribution in [1.82, 2.24) is 4.98 Å². The van der Waals surface area contributed by atoms with E-state index in [1.807, 2.05) is 67.6 Å². The second-order valence-corrected chi connectivity index (χ2v) is 7.80. The number of nitrogens with zero attached hydrogens (tertiary/aromatic N) is 1. The van der Waals surface area contributed by atoms with E-state index in [4.69, 9.17) is 9.15 Å². The maximum Gasteiger partial charge on any atom is 0.338 e. The van der Waals surface area contributed by atoms with E-state index in [9.17, 15) is 9.59 Å². The molecule has 0 aliphatic carbocycles. The van der Waals surface area contributed by atoms with E-state index >= 15 is 0 Å². The van der Waals surface area contributed by atoms with Gasteiger partial charge in [0.05, 0.1) is 24.0 Å².